The molecule has 0 aromatic rings. The minimum atomic E-state index is -3.28. The summed E-state index contributed by atoms with van der Waals surface area (Å²) in [5.74, 6) is 0.278. The van der Waals surface area contributed by atoms with Gasteiger partial charge in [0.1, 0.15) is 0 Å². The van der Waals surface area contributed by atoms with Crippen LogP contribution in [0.15, 0.2) is 0 Å². The lowest BCUT2D eigenvalue weighted by molar-refractivity contribution is 0.150. The first-order valence-corrected chi connectivity index (χ1v) is 5.34. The van der Waals surface area contributed by atoms with Gasteiger partial charge in [-0.15, -0.1) is 0 Å². The van der Waals surface area contributed by atoms with Crippen molar-refractivity contribution in [2.24, 2.45) is 5.92 Å². The largest absolute Gasteiger partial charge is 0.325 e. The maximum absolute atomic E-state index is 10.7. The lowest BCUT2D eigenvalue weighted by atomic mass is 10.1. The topological polar surface area (TPSA) is 46.5 Å². The molecule has 0 saturated heterocycles. The van der Waals surface area contributed by atoms with Gasteiger partial charge in [-0.2, -0.15) is 0 Å². The fourth-order valence-electron chi connectivity index (χ4n) is 0.430. The third kappa shape index (κ3) is 8.05. The van der Waals surface area contributed by atoms with E-state index in [-0.39, 0.29) is 19.4 Å². The molecule has 3 nitrogen and oxygen atoms in total. The van der Waals surface area contributed by atoms with Gasteiger partial charge in [-0.3, -0.25) is 4.57 Å². The quantitative estimate of drug-likeness (QED) is 0.682. The van der Waals surface area contributed by atoms with Crippen LogP contribution in [0.1, 0.15) is 28.2 Å². The van der Waals surface area contributed by atoms with Gasteiger partial charge in [-0.05, 0) is 12.8 Å². The predicted molar refractivity (Wildman–Crippen MR) is 47.9 cm³/mol. The van der Waals surface area contributed by atoms with Crippen molar-refractivity contribution in [2.75, 3.05) is 6.66 Å². The fraction of sp³-hybridized carbons (Fsp3) is 1.00. The number of hydrogen-bond acceptors (Lipinski definition) is 2. The predicted octanol–water partition coefficient (Wildman–Crippen LogP) is 2.50. The molecule has 0 spiro atoms. The molecule has 0 saturated carbocycles. The van der Waals surface area contributed by atoms with Crippen molar-refractivity contribution in [3.8, 4) is 0 Å². The van der Waals surface area contributed by atoms with E-state index in [1.165, 1.54) is 6.66 Å². The van der Waals surface area contributed by atoms with Crippen molar-refractivity contribution in [3.63, 3.8) is 0 Å². The summed E-state index contributed by atoms with van der Waals surface area (Å²) in [5.41, 5.74) is 0. The van der Waals surface area contributed by atoms with Crippen molar-refractivity contribution in [2.45, 2.75) is 34.3 Å². The third-order valence-corrected chi connectivity index (χ3v) is 2.02. The Morgan fingerprint density at radius 2 is 1.73 bits per heavy atom. The molecule has 0 aliphatic carbocycles. The first-order chi connectivity index (χ1) is 4.33. The van der Waals surface area contributed by atoms with Crippen LogP contribution in [0.2, 0.25) is 0 Å². The van der Waals surface area contributed by atoms with Crippen LogP contribution >= 0.6 is 7.60 Å². The van der Waals surface area contributed by atoms with Crippen molar-refractivity contribution < 1.29 is 14.0 Å². The molecule has 0 bridgehead atoms. The lowest BCUT2D eigenvalue weighted by Crippen LogP contribution is -2.13. The van der Waals surface area contributed by atoms with Crippen molar-refractivity contribution >= 4 is 7.60 Å². The molecule has 11 heavy (non-hydrogen) atoms. The monoisotopic (exact) mass is 182 g/mol. The highest BCUT2D eigenvalue weighted by Crippen LogP contribution is 2.39. The Labute approximate surface area is 69.3 Å². The molecule has 0 aliphatic rings. The van der Waals surface area contributed by atoms with Crippen molar-refractivity contribution in [3.05, 3.63) is 0 Å². The maximum atomic E-state index is 10.7. The lowest BCUT2D eigenvalue weighted by Gasteiger charge is -2.17. The van der Waals surface area contributed by atoms with E-state index in [9.17, 15) is 4.57 Å². The van der Waals surface area contributed by atoms with E-state index in [0.717, 1.165) is 0 Å². The van der Waals surface area contributed by atoms with E-state index >= 15 is 0 Å². The van der Waals surface area contributed by atoms with Crippen LogP contribution in [0.3, 0.4) is 0 Å². The van der Waals surface area contributed by atoms with E-state index in [1.807, 2.05) is 13.8 Å². The molecule has 0 radical (unpaired) electrons. The summed E-state index contributed by atoms with van der Waals surface area (Å²) in [5, 5.41) is 0. The third-order valence-electron chi connectivity index (χ3n) is 1.30. The van der Waals surface area contributed by atoms with Gasteiger partial charge in [0.25, 0.3) is 0 Å². The normalized spacial score (nSPS) is 18.7. The summed E-state index contributed by atoms with van der Waals surface area (Å²) < 4.78 is 15.5. The van der Waals surface area contributed by atoms with Crippen LogP contribution in [-0.4, -0.2) is 17.7 Å². The van der Waals surface area contributed by atoms with Gasteiger partial charge in [0.05, 0.1) is 6.10 Å². The molecule has 0 aromatic carbocycles. The molecule has 2 atom stereocenters. The Morgan fingerprint density at radius 1 is 1.36 bits per heavy atom. The highest BCUT2D eigenvalue weighted by Gasteiger charge is 2.17. The second-order valence-corrected chi connectivity index (χ2v) is 4.67. The van der Waals surface area contributed by atoms with Gasteiger partial charge in [-0.1, -0.05) is 21.3 Å². The average molecular weight is 182 g/mol. The van der Waals surface area contributed by atoms with Gasteiger partial charge in [0, 0.05) is 6.66 Å². The van der Waals surface area contributed by atoms with E-state index < -0.39 is 7.60 Å². The molecule has 0 fully saturated rings. The van der Waals surface area contributed by atoms with Gasteiger partial charge in [0.2, 0.25) is 0 Å². The molecule has 0 aliphatic heterocycles. The van der Waals surface area contributed by atoms with E-state index in [1.54, 1.807) is 6.92 Å². The molecule has 0 amide bonds. The Bertz CT molecular complexity index is 139. The van der Waals surface area contributed by atoms with Crippen LogP contribution in [0.4, 0.5) is 0 Å². The van der Waals surface area contributed by atoms with Crippen LogP contribution in [0.25, 0.3) is 0 Å². The zero-order valence-corrected chi connectivity index (χ0v) is 7.76. The Kier molecular flexibility index (Phi) is 6.13. The molecule has 2 unspecified atom stereocenters. The summed E-state index contributed by atoms with van der Waals surface area (Å²) >= 11 is 0. The first kappa shape index (κ1) is 13.7. The van der Waals surface area contributed by atoms with Gasteiger partial charge in [-0.25, -0.2) is 0 Å². The average Bonchev–Trinajstić information content (AvgIpc) is 1.60. The molecular formula is C7H19O3P. The zero-order chi connectivity index (χ0) is 8.36. The maximum Gasteiger partial charge on any atom is 0.325 e. The smallest absolute Gasteiger partial charge is 0.324 e. The molecule has 0 rings (SSSR count). The van der Waals surface area contributed by atoms with E-state index in [0.29, 0.717) is 0 Å². The second-order valence-electron chi connectivity index (χ2n) is 2.86. The Hall–Kier alpha value is 0.150. The molecule has 0 heterocycles. The molecule has 4 heteroatoms. The van der Waals surface area contributed by atoms with E-state index in [4.69, 9.17) is 9.42 Å². The standard InChI is InChI=1S/C6H15O3P.CH4/c1-5(2)6(3)9-10(4,7)8;/h5-6H,1-4H3,(H,7,8);1H4. The zero-order valence-electron chi connectivity index (χ0n) is 6.87. The molecule has 70 valence electrons. The minimum absolute atomic E-state index is 0. The number of hydrogen-bond donors (Lipinski definition) is 1. The number of rotatable bonds is 3. The highest BCUT2D eigenvalue weighted by atomic mass is 31.2. The summed E-state index contributed by atoms with van der Waals surface area (Å²) in [6.07, 6.45) is -0.152. The van der Waals surface area contributed by atoms with Crippen LogP contribution in [0, 0.1) is 5.92 Å². The Balaban J connectivity index is 0. The summed E-state index contributed by atoms with van der Waals surface area (Å²) in [6, 6.07) is 0. The van der Waals surface area contributed by atoms with Crippen LogP contribution in [-0.2, 0) is 9.09 Å². The molecule has 1 N–H and O–H groups in total. The van der Waals surface area contributed by atoms with Crippen molar-refractivity contribution in [1.82, 2.24) is 0 Å². The minimum Gasteiger partial charge on any atom is -0.324 e. The van der Waals surface area contributed by atoms with Crippen LogP contribution < -0.4 is 0 Å². The summed E-state index contributed by atoms with van der Waals surface area (Å²) in [6.45, 7) is 6.88. The fourth-order valence-corrected chi connectivity index (χ4v) is 1.29. The first-order valence-electron chi connectivity index (χ1n) is 3.31. The van der Waals surface area contributed by atoms with Gasteiger partial charge < -0.3 is 9.42 Å². The van der Waals surface area contributed by atoms with Crippen LogP contribution in [0.5, 0.6) is 0 Å². The highest BCUT2D eigenvalue weighted by molar-refractivity contribution is 7.51. The second kappa shape index (κ2) is 4.91. The molecular weight excluding hydrogens is 163 g/mol. The van der Waals surface area contributed by atoms with Gasteiger partial charge in [0.15, 0.2) is 0 Å². The Morgan fingerprint density at radius 3 is 1.82 bits per heavy atom. The summed E-state index contributed by atoms with van der Waals surface area (Å²) in [7, 11) is -3.28. The summed E-state index contributed by atoms with van der Waals surface area (Å²) in [4.78, 5) is 8.77. The SMILES string of the molecule is C.CC(C)C(C)OP(C)(=O)O. The van der Waals surface area contributed by atoms with E-state index in [2.05, 4.69) is 0 Å². The van der Waals surface area contributed by atoms with Gasteiger partial charge >= 0.3 is 7.60 Å². The molecule has 0 aromatic heterocycles. The van der Waals surface area contributed by atoms with Crippen molar-refractivity contribution in [1.29, 1.82) is 0 Å².